The standard InChI is InChI=1S/C14H22N2O3S/c1-3-5-14(19,6-4-2)9-16-13(18)11-7-10(8-20-11)12(15)17/h7-8,19H,3-6,9H2,1-2H3,(H2,15,17)(H,16,18). The van der Waals surface area contributed by atoms with Gasteiger partial charge in [-0.1, -0.05) is 26.7 Å². The molecule has 2 amide bonds. The Labute approximate surface area is 123 Å². The summed E-state index contributed by atoms with van der Waals surface area (Å²) >= 11 is 1.17. The topological polar surface area (TPSA) is 92.4 Å². The molecule has 0 aromatic carbocycles. The molecule has 1 rings (SSSR count). The Bertz CT molecular complexity index is 465. The van der Waals surface area contributed by atoms with Crippen molar-refractivity contribution in [1.82, 2.24) is 5.32 Å². The zero-order valence-corrected chi connectivity index (χ0v) is 12.8. The summed E-state index contributed by atoms with van der Waals surface area (Å²) in [6, 6.07) is 1.47. The molecule has 0 aliphatic rings. The van der Waals surface area contributed by atoms with Gasteiger partial charge in [0.2, 0.25) is 5.91 Å². The van der Waals surface area contributed by atoms with Crippen molar-refractivity contribution in [2.75, 3.05) is 6.54 Å². The monoisotopic (exact) mass is 298 g/mol. The minimum atomic E-state index is -0.858. The lowest BCUT2D eigenvalue weighted by Crippen LogP contribution is -2.42. The number of carbonyl (C=O) groups is 2. The van der Waals surface area contributed by atoms with E-state index < -0.39 is 11.5 Å². The summed E-state index contributed by atoms with van der Waals surface area (Å²) < 4.78 is 0. The lowest BCUT2D eigenvalue weighted by Gasteiger charge is -2.27. The first-order chi connectivity index (χ1) is 9.41. The van der Waals surface area contributed by atoms with Crippen LogP contribution in [0, 0.1) is 0 Å². The van der Waals surface area contributed by atoms with E-state index in [4.69, 9.17) is 5.73 Å². The summed E-state index contributed by atoms with van der Waals surface area (Å²) in [4.78, 5) is 23.4. The number of hydrogen-bond acceptors (Lipinski definition) is 4. The maximum atomic E-state index is 12.0. The Balaban J connectivity index is 2.62. The minimum Gasteiger partial charge on any atom is -0.388 e. The third-order valence-electron chi connectivity index (χ3n) is 3.12. The van der Waals surface area contributed by atoms with Gasteiger partial charge >= 0.3 is 0 Å². The smallest absolute Gasteiger partial charge is 0.261 e. The van der Waals surface area contributed by atoms with Crippen LogP contribution in [0.3, 0.4) is 0 Å². The van der Waals surface area contributed by atoms with E-state index in [-0.39, 0.29) is 12.5 Å². The average molecular weight is 298 g/mol. The van der Waals surface area contributed by atoms with E-state index in [1.165, 1.54) is 17.4 Å². The maximum Gasteiger partial charge on any atom is 0.261 e. The third kappa shape index (κ3) is 4.61. The van der Waals surface area contributed by atoms with Crippen LogP contribution in [0.25, 0.3) is 0 Å². The molecule has 0 fully saturated rings. The molecular formula is C14H22N2O3S. The van der Waals surface area contributed by atoms with Crippen LogP contribution in [0.5, 0.6) is 0 Å². The van der Waals surface area contributed by atoms with E-state index in [1.54, 1.807) is 5.38 Å². The Morgan fingerprint density at radius 3 is 2.40 bits per heavy atom. The first kappa shape index (κ1) is 16.7. The summed E-state index contributed by atoms with van der Waals surface area (Å²) in [5, 5.41) is 14.7. The number of amides is 2. The normalized spacial score (nSPS) is 11.3. The molecule has 4 N–H and O–H groups in total. The molecular weight excluding hydrogens is 276 g/mol. The van der Waals surface area contributed by atoms with Crippen molar-refractivity contribution in [2.45, 2.75) is 45.1 Å². The number of nitrogens with two attached hydrogens (primary N) is 1. The fourth-order valence-corrected chi connectivity index (χ4v) is 2.96. The Morgan fingerprint density at radius 1 is 1.35 bits per heavy atom. The van der Waals surface area contributed by atoms with Gasteiger partial charge in [0.1, 0.15) is 0 Å². The van der Waals surface area contributed by atoms with Gasteiger partial charge in [0.05, 0.1) is 16.0 Å². The highest BCUT2D eigenvalue weighted by Crippen LogP contribution is 2.19. The van der Waals surface area contributed by atoms with Crippen molar-refractivity contribution < 1.29 is 14.7 Å². The van der Waals surface area contributed by atoms with Gasteiger partial charge in [-0.05, 0) is 18.9 Å². The second-order valence-corrected chi connectivity index (χ2v) is 5.88. The van der Waals surface area contributed by atoms with Gasteiger partial charge in [0.25, 0.3) is 5.91 Å². The highest BCUT2D eigenvalue weighted by atomic mass is 32.1. The van der Waals surface area contributed by atoms with Gasteiger partial charge in [-0.15, -0.1) is 11.3 Å². The number of aliphatic hydroxyl groups is 1. The second kappa shape index (κ2) is 7.40. The van der Waals surface area contributed by atoms with E-state index in [2.05, 4.69) is 5.32 Å². The molecule has 0 bridgehead atoms. The molecule has 20 heavy (non-hydrogen) atoms. The molecule has 1 heterocycles. The van der Waals surface area contributed by atoms with Gasteiger partial charge in [0, 0.05) is 11.9 Å². The molecule has 0 unspecified atom stereocenters. The van der Waals surface area contributed by atoms with Crippen molar-refractivity contribution >= 4 is 23.2 Å². The van der Waals surface area contributed by atoms with Crippen molar-refractivity contribution in [1.29, 1.82) is 0 Å². The van der Waals surface area contributed by atoms with Crippen LogP contribution in [-0.4, -0.2) is 29.1 Å². The van der Waals surface area contributed by atoms with Gasteiger partial charge < -0.3 is 16.2 Å². The van der Waals surface area contributed by atoms with E-state index in [0.717, 1.165) is 12.8 Å². The minimum absolute atomic E-state index is 0.220. The number of primary amides is 1. The van der Waals surface area contributed by atoms with Crippen LogP contribution >= 0.6 is 11.3 Å². The Kier molecular flexibility index (Phi) is 6.16. The predicted molar refractivity (Wildman–Crippen MR) is 79.9 cm³/mol. The van der Waals surface area contributed by atoms with Gasteiger partial charge in [-0.25, -0.2) is 0 Å². The van der Waals surface area contributed by atoms with E-state index in [1.807, 2.05) is 13.8 Å². The zero-order chi connectivity index (χ0) is 15.2. The average Bonchev–Trinajstić information content (AvgIpc) is 2.86. The molecule has 0 aliphatic carbocycles. The van der Waals surface area contributed by atoms with Crippen LogP contribution < -0.4 is 11.1 Å². The molecule has 1 aromatic rings. The van der Waals surface area contributed by atoms with Crippen molar-refractivity contribution in [2.24, 2.45) is 5.73 Å². The molecule has 0 spiro atoms. The van der Waals surface area contributed by atoms with Crippen LogP contribution in [-0.2, 0) is 0 Å². The third-order valence-corrected chi connectivity index (χ3v) is 4.05. The van der Waals surface area contributed by atoms with Crippen molar-refractivity contribution in [3.05, 3.63) is 21.9 Å². The molecule has 0 radical (unpaired) electrons. The largest absolute Gasteiger partial charge is 0.388 e. The zero-order valence-electron chi connectivity index (χ0n) is 11.9. The summed E-state index contributed by atoms with van der Waals surface area (Å²) in [7, 11) is 0. The quantitative estimate of drug-likeness (QED) is 0.684. The SMILES string of the molecule is CCCC(O)(CCC)CNC(=O)c1cc(C(N)=O)cs1. The summed E-state index contributed by atoms with van der Waals surface area (Å²) in [5.41, 5.74) is 4.62. The molecule has 0 saturated carbocycles. The molecule has 0 aliphatic heterocycles. The van der Waals surface area contributed by atoms with E-state index in [9.17, 15) is 14.7 Å². The first-order valence-electron chi connectivity index (χ1n) is 6.80. The Hall–Kier alpha value is -1.40. The maximum absolute atomic E-state index is 12.0. The first-order valence-corrected chi connectivity index (χ1v) is 7.68. The molecule has 5 nitrogen and oxygen atoms in total. The number of thiophene rings is 1. The van der Waals surface area contributed by atoms with Gasteiger partial charge in [-0.3, -0.25) is 9.59 Å². The number of hydrogen-bond donors (Lipinski definition) is 3. The number of carbonyl (C=O) groups excluding carboxylic acids is 2. The number of rotatable bonds is 8. The lowest BCUT2D eigenvalue weighted by molar-refractivity contribution is 0.0213. The van der Waals surface area contributed by atoms with Crippen molar-refractivity contribution in [3.63, 3.8) is 0 Å². The molecule has 6 heteroatoms. The summed E-state index contributed by atoms with van der Waals surface area (Å²) in [6.07, 6.45) is 3.02. The van der Waals surface area contributed by atoms with Crippen LogP contribution in [0.15, 0.2) is 11.4 Å². The van der Waals surface area contributed by atoms with Gasteiger partial charge in [-0.2, -0.15) is 0 Å². The lowest BCUT2D eigenvalue weighted by atomic mass is 9.92. The van der Waals surface area contributed by atoms with Gasteiger partial charge in [0.15, 0.2) is 0 Å². The van der Waals surface area contributed by atoms with Crippen molar-refractivity contribution in [3.8, 4) is 0 Å². The summed E-state index contributed by atoms with van der Waals surface area (Å²) in [5.74, 6) is -0.832. The highest BCUT2D eigenvalue weighted by molar-refractivity contribution is 7.12. The van der Waals surface area contributed by atoms with E-state index >= 15 is 0 Å². The fraction of sp³-hybridized carbons (Fsp3) is 0.571. The predicted octanol–water partition coefficient (Wildman–Crippen LogP) is 1.91. The van der Waals surface area contributed by atoms with Crippen LogP contribution in [0.1, 0.15) is 59.6 Å². The van der Waals surface area contributed by atoms with Crippen LogP contribution in [0.2, 0.25) is 0 Å². The summed E-state index contributed by atoms with van der Waals surface area (Å²) in [6.45, 7) is 4.22. The molecule has 1 aromatic heterocycles. The Morgan fingerprint density at radius 2 is 1.95 bits per heavy atom. The molecule has 112 valence electrons. The number of nitrogens with one attached hydrogen (secondary N) is 1. The molecule has 0 saturated heterocycles. The highest BCUT2D eigenvalue weighted by Gasteiger charge is 2.25. The molecule has 0 atom stereocenters. The van der Waals surface area contributed by atoms with E-state index in [0.29, 0.717) is 23.3 Å². The second-order valence-electron chi connectivity index (χ2n) is 4.97. The van der Waals surface area contributed by atoms with Crippen LogP contribution in [0.4, 0.5) is 0 Å². The fourth-order valence-electron chi connectivity index (χ4n) is 2.15.